The lowest BCUT2D eigenvalue weighted by Gasteiger charge is -2.33. The summed E-state index contributed by atoms with van der Waals surface area (Å²) in [6, 6.07) is 11.2. The summed E-state index contributed by atoms with van der Waals surface area (Å²) < 4.78 is 7.70. The highest BCUT2D eigenvalue weighted by atomic mass is 16.5. The van der Waals surface area contributed by atoms with Crippen LogP contribution in [0.25, 0.3) is 16.7 Å². The SMILES string of the molecule is Cc1ccc(-n2c(N3CCC(C(=O)N[C@@H]4CCOC4)CC3)nc3cc(C)c(C)cc32)cc1C. The van der Waals surface area contributed by atoms with Crippen LogP contribution in [-0.2, 0) is 9.53 Å². The molecule has 0 aliphatic carbocycles. The first-order valence-electron chi connectivity index (χ1n) is 12.1. The Kier molecular flexibility index (Phi) is 5.87. The molecule has 0 bridgehead atoms. The Morgan fingerprint density at radius 1 is 0.970 bits per heavy atom. The number of carbonyl (C=O) groups excluding carboxylic acids is 1. The van der Waals surface area contributed by atoms with E-state index in [9.17, 15) is 4.79 Å². The van der Waals surface area contributed by atoms with Crippen LogP contribution in [0.4, 0.5) is 5.95 Å². The molecule has 2 fully saturated rings. The highest BCUT2D eigenvalue weighted by molar-refractivity contribution is 5.83. The van der Waals surface area contributed by atoms with E-state index < -0.39 is 0 Å². The fraction of sp³-hybridized carbons (Fsp3) is 0.481. The molecule has 6 nitrogen and oxygen atoms in total. The lowest BCUT2D eigenvalue weighted by Crippen LogP contribution is -2.44. The molecule has 3 heterocycles. The number of ether oxygens (including phenoxy) is 1. The number of fused-ring (bicyclic) bond motifs is 1. The molecular weight excluding hydrogens is 412 g/mol. The predicted molar refractivity (Wildman–Crippen MR) is 132 cm³/mol. The molecule has 1 amide bonds. The number of nitrogens with one attached hydrogen (secondary N) is 1. The monoisotopic (exact) mass is 446 g/mol. The van der Waals surface area contributed by atoms with Gasteiger partial charge in [0.15, 0.2) is 0 Å². The van der Waals surface area contributed by atoms with Gasteiger partial charge in [-0.15, -0.1) is 0 Å². The van der Waals surface area contributed by atoms with Gasteiger partial charge in [-0.3, -0.25) is 9.36 Å². The highest BCUT2D eigenvalue weighted by Gasteiger charge is 2.30. The van der Waals surface area contributed by atoms with Crippen molar-refractivity contribution >= 4 is 22.9 Å². The summed E-state index contributed by atoms with van der Waals surface area (Å²) in [6.07, 6.45) is 2.60. The largest absolute Gasteiger partial charge is 0.379 e. The number of amides is 1. The summed E-state index contributed by atoms with van der Waals surface area (Å²) in [4.78, 5) is 20.2. The van der Waals surface area contributed by atoms with Crippen molar-refractivity contribution < 1.29 is 9.53 Å². The second-order valence-corrected chi connectivity index (χ2v) is 9.77. The van der Waals surface area contributed by atoms with Gasteiger partial charge >= 0.3 is 0 Å². The van der Waals surface area contributed by atoms with Crippen LogP contribution in [-0.4, -0.2) is 47.8 Å². The average Bonchev–Trinajstić information content (AvgIpc) is 3.44. The smallest absolute Gasteiger partial charge is 0.223 e. The fourth-order valence-corrected chi connectivity index (χ4v) is 4.96. The Hall–Kier alpha value is -2.86. The van der Waals surface area contributed by atoms with Crippen molar-refractivity contribution in [3.63, 3.8) is 0 Å². The number of piperidine rings is 1. The molecule has 33 heavy (non-hydrogen) atoms. The standard InChI is InChI=1S/C27H34N4O2/c1-17-5-6-23(13-18(17)2)31-25-15-20(4)19(3)14-24(25)29-27(31)30-10-7-21(8-11-30)26(32)28-22-9-12-33-16-22/h5-6,13-15,21-22H,7-12,16H2,1-4H3,(H,28,32)/t22-/m1/s1. The highest BCUT2D eigenvalue weighted by Crippen LogP contribution is 2.32. The Morgan fingerprint density at radius 2 is 1.70 bits per heavy atom. The molecule has 2 aliphatic rings. The van der Waals surface area contributed by atoms with Gasteiger partial charge in [0.2, 0.25) is 11.9 Å². The number of rotatable bonds is 4. The quantitative estimate of drug-likeness (QED) is 0.646. The minimum atomic E-state index is 0.0609. The minimum absolute atomic E-state index is 0.0609. The summed E-state index contributed by atoms with van der Waals surface area (Å²) >= 11 is 0. The molecule has 1 atom stereocenters. The van der Waals surface area contributed by atoms with Gasteiger partial charge in [-0.05, 0) is 93.5 Å². The Morgan fingerprint density at radius 3 is 2.39 bits per heavy atom. The summed E-state index contributed by atoms with van der Waals surface area (Å²) in [6.45, 7) is 11.6. The van der Waals surface area contributed by atoms with Gasteiger partial charge in [-0.1, -0.05) is 6.07 Å². The summed E-state index contributed by atoms with van der Waals surface area (Å²) in [5.41, 5.74) is 8.38. The molecule has 0 spiro atoms. The van der Waals surface area contributed by atoms with Crippen LogP contribution in [0.3, 0.4) is 0 Å². The minimum Gasteiger partial charge on any atom is -0.379 e. The zero-order valence-electron chi connectivity index (χ0n) is 20.1. The molecule has 0 radical (unpaired) electrons. The van der Waals surface area contributed by atoms with Gasteiger partial charge in [-0.2, -0.15) is 0 Å². The van der Waals surface area contributed by atoms with Crippen LogP contribution in [0, 0.1) is 33.6 Å². The summed E-state index contributed by atoms with van der Waals surface area (Å²) in [5, 5.41) is 3.18. The third-order valence-electron chi connectivity index (χ3n) is 7.43. The Bertz CT molecular complexity index is 1180. The molecule has 1 N–H and O–H groups in total. The van der Waals surface area contributed by atoms with E-state index in [-0.39, 0.29) is 17.9 Å². The molecule has 0 saturated carbocycles. The number of carbonyl (C=O) groups is 1. The topological polar surface area (TPSA) is 59.4 Å². The normalized spacial score (nSPS) is 19.4. The van der Waals surface area contributed by atoms with Crippen molar-refractivity contribution in [2.24, 2.45) is 5.92 Å². The van der Waals surface area contributed by atoms with Crippen molar-refractivity contribution in [1.29, 1.82) is 0 Å². The maximum atomic E-state index is 12.8. The van der Waals surface area contributed by atoms with Crippen molar-refractivity contribution in [2.75, 3.05) is 31.2 Å². The molecule has 2 saturated heterocycles. The first-order valence-corrected chi connectivity index (χ1v) is 12.1. The zero-order chi connectivity index (χ0) is 23.1. The van der Waals surface area contributed by atoms with Gasteiger partial charge in [0.25, 0.3) is 0 Å². The second kappa shape index (κ2) is 8.82. The maximum absolute atomic E-state index is 12.8. The van der Waals surface area contributed by atoms with E-state index in [4.69, 9.17) is 9.72 Å². The van der Waals surface area contributed by atoms with Gasteiger partial charge in [0.1, 0.15) is 0 Å². The van der Waals surface area contributed by atoms with E-state index in [1.165, 1.54) is 22.3 Å². The summed E-state index contributed by atoms with van der Waals surface area (Å²) in [5.74, 6) is 1.21. The average molecular weight is 447 g/mol. The third kappa shape index (κ3) is 4.24. The first kappa shape index (κ1) is 22.0. The first-order chi connectivity index (χ1) is 15.9. The van der Waals surface area contributed by atoms with E-state index >= 15 is 0 Å². The van der Waals surface area contributed by atoms with Crippen LogP contribution in [0.2, 0.25) is 0 Å². The van der Waals surface area contributed by atoms with Crippen LogP contribution in [0.1, 0.15) is 41.5 Å². The van der Waals surface area contributed by atoms with E-state index in [1.54, 1.807) is 0 Å². The molecule has 3 aromatic rings. The van der Waals surface area contributed by atoms with Gasteiger partial charge in [-0.25, -0.2) is 4.98 Å². The van der Waals surface area contributed by atoms with Crippen molar-refractivity contribution in [1.82, 2.24) is 14.9 Å². The van der Waals surface area contributed by atoms with Crippen LogP contribution >= 0.6 is 0 Å². The van der Waals surface area contributed by atoms with Crippen LogP contribution in [0.15, 0.2) is 30.3 Å². The van der Waals surface area contributed by atoms with E-state index in [1.807, 2.05) is 0 Å². The number of aromatic nitrogens is 2. The van der Waals surface area contributed by atoms with Crippen LogP contribution in [0.5, 0.6) is 0 Å². The Labute approximate surface area is 195 Å². The zero-order valence-corrected chi connectivity index (χ0v) is 20.1. The number of hydrogen-bond donors (Lipinski definition) is 1. The molecule has 0 unspecified atom stereocenters. The Balaban J connectivity index is 1.44. The number of imidazole rings is 1. The van der Waals surface area contributed by atoms with Gasteiger partial charge in [0.05, 0.1) is 23.7 Å². The predicted octanol–water partition coefficient (Wildman–Crippen LogP) is 4.38. The van der Waals surface area contributed by atoms with Crippen molar-refractivity contribution in [3.8, 4) is 5.69 Å². The number of hydrogen-bond acceptors (Lipinski definition) is 4. The second-order valence-electron chi connectivity index (χ2n) is 9.77. The van der Waals surface area contributed by atoms with E-state index in [2.05, 4.69) is 72.8 Å². The molecular formula is C27H34N4O2. The number of benzene rings is 2. The maximum Gasteiger partial charge on any atom is 0.223 e. The van der Waals surface area contributed by atoms with Crippen LogP contribution < -0.4 is 10.2 Å². The van der Waals surface area contributed by atoms with Gasteiger partial charge < -0.3 is 15.0 Å². The van der Waals surface area contributed by atoms with E-state index in [0.29, 0.717) is 6.61 Å². The molecule has 174 valence electrons. The fourth-order valence-electron chi connectivity index (χ4n) is 4.96. The van der Waals surface area contributed by atoms with Gasteiger partial charge in [0, 0.05) is 31.3 Å². The lowest BCUT2D eigenvalue weighted by atomic mass is 9.95. The number of nitrogens with zero attached hydrogens (tertiary/aromatic N) is 3. The summed E-state index contributed by atoms with van der Waals surface area (Å²) in [7, 11) is 0. The van der Waals surface area contributed by atoms with Crippen molar-refractivity contribution in [3.05, 3.63) is 52.6 Å². The van der Waals surface area contributed by atoms with E-state index in [0.717, 1.165) is 61.6 Å². The molecule has 1 aromatic heterocycles. The lowest BCUT2D eigenvalue weighted by molar-refractivity contribution is -0.126. The molecule has 5 rings (SSSR count). The molecule has 6 heteroatoms. The van der Waals surface area contributed by atoms with Crippen molar-refractivity contribution in [2.45, 2.75) is 53.0 Å². The number of anilines is 1. The molecule has 2 aromatic carbocycles. The molecule has 2 aliphatic heterocycles. The third-order valence-corrected chi connectivity index (χ3v) is 7.43. The number of aryl methyl sites for hydroxylation is 4.